The van der Waals surface area contributed by atoms with Crippen LogP contribution in [-0.2, 0) is 4.84 Å². The lowest BCUT2D eigenvalue weighted by atomic mass is 10.2. The van der Waals surface area contributed by atoms with Gasteiger partial charge in [-0.3, -0.25) is 15.0 Å². The molecule has 0 atom stereocenters. The number of nitro groups is 1. The van der Waals surface area contributed by atoms with E-state index in [1.807, 2.05) is 0 Å². The van der Waals surface area contributed by atoms with Crippen LogP contribution < -0.4 is 10.4 Å². The molecule has 20 heavy (non-hydrogen) atoms. The number of amides is 2. The first-order valence-electron chi connectivity index (χ1n) is 6.19. The monoisotopic (exact) mass is 280 g/mol. The largest absolute Gasteiger partial charge is 0.368 e. The van der Waals surface area contributed by atoms with Crippen LogP contribution in [0.25, 0.3) is 0 Å². The first kappa shape index (κ1) is 14.1. The molecule has 0 aromatic heterocycles. The molecule has 1 aliphatic heterocycles. The van der Waals surface area contributed by atoms with Crippen LogP contribution in [0.3, 0.4) is 0 Å². The van der Waals surface area contributed by atoms with Gasteiger partial charge in [-0.15, -0.1) is 0 Å². The molecule has 1 N–H and O–H groups in total. The molecule has 2 rings (SSSR count). The van der Waals surface area contributed by atoms with Crippen molar-refractivity contribution in [1.29, 1.82) is 0 Å². The van der Waals surface area contributed by atoms with Gasteiger partial charge in [0, 0.05) is 44.0 Å². The molecule has 1 aromatic carbocycles. The van der Waals surface area contributed by atoms with Crippen molar-refractivity contribution in [1.82, 2.24) is 10.4 Å². The lowest BCUT2D eigenvalue weighted by Crippen LogP contribution is -2.51. The Labute approximate surface area is 116 Å². The fraction of sp³-hybridized carbons (Fsp3) is 0.417. The van der Waals surface area contributed by atoms with E-state index in [0.717, 1.165) is 5.69 Å². The summed E-state index contributed by atoms with van der Waals surface area (Å²) in [5.74, 6) is 0. The summed E-state index contributed by atoms with van der Waals surface area (Å²) < 4.78 is 0. The number of hydrogen-bond donors (Lipinski definition) is 1. The van der Waals surface area contributed by atoms with Crippen LogP contribution in [0, 0.1) is 10.1 Å². The van der Waals surface area contributed by atoms with Crippen molar-refractivity contribution in [3.8, 4) is 0 Å². The maximum absolute atomic E-state index is 11.6. The Hall–Kier alpha value is -2.35. The molecular weight excluding hydrogens is 264 g/mol. The zero-order valence-electron chi connectivity index (χ0n) is 11.1. The third kappa shape index (κ3) is 3.15. The van der Waals surface area contributed by atoms with Crippen LogP contribution in [0.4, 0.5) is 16.2 Å². The van der Waals surface area contributed by atoms with Crippen molar-refractivity contribution in [2.75, 3.05) is 38.2 Å². The molecule has 1 aromatic rings. The van der Waals surface area contributed by atoms with Gasteiger partial charge in [-0.05, 0) is 12.1 Å². The first-order chi connectivity index (χ1) is 9.61. The number of anilines is 1. The number of nitrogens with zero attached hydrogens (tertiary/aromatic N) is 3. The average Bonchev–Trinajstić information content (AvgIpc) is 2.48. The van der Waals surface area contributed by atoms with E-state index in [2.05, 4.69) is 15.2 Å². The van der Waals surface area contributed by atoms with E-state index in [9.17, 15) is 14.9 Å². The van der Waals surface area contributed by atoms with Crippen molar-refractivity contribution < 1.29 is 14.6 Å². The van der Waals surface area contributed by atoms with Gasteiger partial charge in [0.25, 0.3) is 5.69 Å². The lowest BCUT2D eigenvalue weighted by Gasteiger charge is -2.35. The highest BCUT2D eigenvalue weighted by atomic mass is 16.6. The summed E-state index contributed by atoms with van der Waals surface area (Å²) in [4.78, 5) is 30.1. The topological polar surface area (TPSA) is 88.0 Å². The molecule has 1 aliphatic rings. The molecule has 0 spiro atoms. The summed E-state index contributed by atoms with van der Waals surface area (Å²) in [5.41, 5.74) is 3.28. The molecule has 0 saturated carbocycles. The average molecular weight is 280 g/mol. The van der Waals surface area contributed by atoms with Gasteiger partial charge in [0.1, 0.15) is 0 Å². The number of piperazine rings is 1. The molecule has 8 nitrogen and oxygen atoms in total. The highest BCUT2D eigenvalue weighted by Crippen LogP contribution is 2.20. The fourth-order valence-electron chi connectivity index (χ4n) is 2.10. The molecule has 0 radical (unpaired) electrons. The van der Waals surface area contributed by atoms with Crippen LogP contribution in [0.1, 0.15) is 0 Å². The minimum atomic E-state index is -0.420. The van der Waals surface area contributed by atoms with Gasteiger partial charge in [-0.2, -0.15) is 0 Å². The van der Waals surface area contributed by atoms with Gasteiger partial charge >= 0.3 is 6.03 Å². The van der Waals surface area contributed by atoms with Crippen LogP contribution in [-0.4, -0.2) is 49.1 Å². The van der Waals surface area contributed by atoms with E-state index in [4.69, 9.17) is 0 Å². The molecule has 108 valence electrons. The van der Waals surface area contributed by atoms with Gasteiger partial charge in [-0.25, -0.2) is 10.3 Å². The van der Waals surface area contributed by atoms with E-state index in [0.29, 0.717) is 26.2 Å². The molecule has 0 aliphatic carbocycles. The van der Waals surface area contributed by atoms with Crippen molar-refractivity contribution in [3.63, 3.8) is 0 Å². The van der Waals surface area contributed by atoms with E-state index in [-0.39, 0.29) is 11.7 Å². The maximum Gasteiger partial charge on any atom is 0.341 e. The third-order valence-corrected chi connectivity index (χ3v) is 3.18. The van der Waals surface area contributed by atoms with Crippen LogP contribution in [0.15, 0.2) is 24.3 Å². The highest BCUT2D eigenvalue weighted by molar-refractivity contribution is 5.73. The molecule has 0 bridgehead atoms. The van der Waals surface area contributed by atoms with Crippen LogP contribution in [0.2, 0.25) is 0 Å². The van der Waals surface area contributed by atoms with Crippen molar-refractivity contribution in [3.05, 3.63) is 34.4 Å². The number of carbonyl (C=O) groups excluding carboxylic acids is 1. The summed E-state index contributed by atoms with van der Waals surface area (Å²) in [6, 6.07) is 6.17. The zero-order valence-corrected chi connectivity index (χ0v) is 11.1. The lowest BCUT2D eigenvalue weighted by molar-refractivity contribution is -0.384. The summed E-state index contributed by atoms with van der Waals surface area (Å²) >= 11 is 0. The Kier molecular flexibility index (Phi) is 4.36. The Morgan fingerprint density at radius 1 is 1.25 bits per heavy atom. The smallest absolute Gasteiger partial charge is 0.341 e. The number of hydrogen-bond acceptors (Lipinski definition) is 5. The normalized spacial score (nSPS) is 15.1. The molecule has 8 heteroatoms. The zero-order chi connectivity index (χ0) is 14.5. The summed E-state index contributed by atoms with van der Waals surface area (Å²) in [7, 11) is 1.39. The minimum Gasteiger partial charge on any atom is -0.368 e. The molecule has 0 unspecified atom stereocenters. The molecule has 2 amide bonds. The molecule has 1 fully saturated rings. The second-order valence-electron chi connectivity index (χ2n) is 4.36. The number of non-ortho nitro benzene ring substituents is 1. The van der Waals surface area contributed by atoms with E-state index in [1.54, 1.807) is 17.0 Å². The number of carbonyl (C=O) groups is 1. The maximum atomic E-state index is 11.6. The van der Waals surface area contributed by atoms with Crippen molar-refractivity contribution in [2.45, 2.75) is 0 Å². The number of urea groups is 1. The van der Waals surface area contributed by atoms with Gasteiger partial charge in [0.15, 0.2) is 0 Å². The minimum absolute atomic E-state index is 0.0758. The second kappa shape index (κ2) is 6.20. The van der Waals surface area contributed by atoms with Gasteiger partial charge in [0.05, 0.1) is 12.0 Å². The summed E-state index contributed by atoms with van der Waals surface area (Å²) in [6.45, 7) is 2.50. The third-order valence-electron chi connectivity index (χ3n) is 3.18. The summed E-state index contributed by atoms with van der Waals surface area (Å²) in [6.07, 6.45) is 0. The number of nitrogens with one attached hydrogen (secondary N) is 1. The van der Waals surface area contributed by atoms with Gasteiger partial charge < -0.3 is 9.80 Å². The molecule has 1 saturated heterocycles. The second-order valence-corrected chi connectivity index (χ2v) is 4.36. The fourth-order valence-corrected chi connectivity index (χ4v) is 2.10. The molecule has 1 heterocycles. The Morgan fingerprint density at radius 2 is 1.85 bits per heavy atom. The highest BCUT2D eigenvalue weighted by Gasteiger charge is 2.21. The SMILES string of the molecule is CONC(=O)N1CCN(c2ccc([N+](=O)[O-])cc2)CC1. The predicted molar refractivity (Wildman–Crippen MR) is 72.4 cm³/mol. The number of rotatable bonds is 3. The van der Waals surface area contributed by atoms with E-state index < -0.39 is 4.92 Å². The Balaban J connectivity index is 1.93. The van der Waals surface area contributed by atoms with Crippen LogP contribution >= 0.6 is 0 Å². The predicted octanol–water partition coefficient (Wildman–Crippen LogP) is 0.988. The van der Waals surface area contributed by atoms with Gasteiger partial charge in [0.2, 0.25) is 0 Å². The van der Waals surface area contributed by atoms with Crippen LogP contribution in [0.5, 0.6) is 0 Å². The number of benzene rings is 1. The van der Waals surface area contributed by atoms with Gasteiger partial charge in [-0.1, -0.05) is 0 Å². The van der Waals surface area contributed by atoms with E-state index >= 15 is 0 Å². The quantitative estimate of drug-likeness (QED) is 0.659. The standard InChI is InChI=1S/C12H16N4O4/c1-20-13-12(17)15-8-6-14(7-9-15)10-2-4-11(5-3-10)16(18)19/h2-5H,6-9H2,1H3,(H,13,17). The Morgan fingerprint density at radius 3 is 2.35 bits per heavy atom. The first-order valence-corrected chi connectivity index (χ1v) is 6.19. The van der Waals surface area contributed by atoms with Crippen molar-refractivity contribution >= 4 is 17.4 Å². The number of nitro benzene ring substituents is 1. The summed E-state index contributed by atoms with van der Waals surface area (Å²) in [5, 5.41) is 10.6. The van der Waals surface area contributed by atoms with Crippen molar-refractivity contribution in [2.24, 2.45) is 0 Å². The Bertz CT molecular complexity index is 483. The van der Waals surface area contributed by atoms with E-state index in [1.165, 1.54) is 19.2 Å². The number of hydroxylamine groups is 1. The molecular formula is C12H16N4O4.